The number of nitrogens with two attached hydrogens (primary N) is 1. The number of carbonyl (C=O) groups excluding carboxylic acids is 2. The molecule has 134 valence electrons. The Morgan fingerprint density at radius 3 is 2.17 bits per heavy atom. The maximum atomic E-state index is 12.4. The van der Waals surface area contributed by atoms with Gasteiger partial charge in [-0.15, -0.1) is 24.8 Å². The van der Waals surface area contributed by atoms with E-state index in [0.717, 1.165) is 51.3 Å². The molecule has 0 spiro atoms. The van der Waals surface area contributed by atoms with Gasteiger partial charge in [-0.2, -0.15) is 0 Å². The number of nitrogens with zero attached hydrogens (tertiary/aromatic N) is 2. The van der Waals surface area contributed by atoms with Crippen LogP contribution in [0.3, 0.4) is 0 Å². The maximum Gasteiger partial charge on any atom is 0.248 e. The predicted octanol–water partition coefficient (Wildman–Crippen LogP) is 1.03. The average Bonchev–Trinajstić information content (AvgIpc) is 3.09. The number of nitrogens with one attached hydrogen (secondary N) is 1. The highest BCUT2D eigenvalue weighted by atomic mass is 35.5. The lowest BCUT2D eigenvalue weighted by molar-refractivity contribution is -0.133. The molecule has 3 N–H and O–H groups in total. The summed E-state index contributed by atoms with van der Waals surface area (Å²) in [4.78, 5) is 27.6. The maximum absolute atomic E-state index is 12.4. The number of anilines is 1. The molecule has 0 bridgehead atoms. The first kappa shape index (κ1) is 20.5. The second kappa shape index (κ2) is 9.11. The van der Waals surface area contributed by atoms with Crippen LogP contribution in [-0.2, 0) is 4.79 Å². The first-order valence-corrected chi connectivity index (χ1v) is 7.82. The zero-order chi connectivity index (χ0) is 15.5. The van der Waals surface area contributed by atoms with E-state index in [-0.39, 0.29) is 36.8 Å². The molecule has 1 atom stereocenters. The second-order valence-corrected chi connectivity index (χ2v) is 5.87. The molecule has 0 aliphatic carbocycles. The molecule has 2 amide bonds. The van der Waals surface area contributed by atoms with Crippen molar-refractivity contribution in [1.29, 1.82) is 0 Å². The predicted molar refractivity (Wildman–Crippen MR) is 99.3 cm³/mol. The van der Waals surface area contributed by atoms with Crippen LogP contribution in [0, 0.1) is 0 Å². The minimum Gasteiger partial charge on any atom is -0.368 e. The van der Waals surface area contributed by atoms with Crippen molar-refractivity contribution < 1.29 is 9.59 Å². The molecule has 2 aliphatic rings. The lowest BCUT2D eigenvalue weighted by Gasteiger charge is -2.37. The zero-order valence-corrected chi connectivity index (χ0v) is 15.1. The average molecular weight is 375 g/mol. The van der Waals surface area contributed by atoms with E-state index in [1.165, 1.54) is 0 Å². The van der Waals surface area contributed by atoms with Crippen LogP contribution in [0.2, 0.25) is 0 Å². The van der Waals surface area contributed by atoms with Crippen molar-refractivity contribution in [3.05, 3.63) is 29.8 Å². The number of primary amides is 1. The highest BCUT2D eigenvalue weighted by molar-refractivity contribution is 5.93. The minimum atomic E-state index is -0.411. The molecular weight excluding hydrogens is 351 g/mol. The molecule has 6 nitrogen and oxygen atoms in total. The fraction of sp³-hybridized carbons (Fsp3) is 0.500. The number of rotatable bonds is 3. The Balaban J connectivity index is 0.00000144. The SMILES string of the molecule is Cl.Cl.NC(=O)c1ccc(N2CCN(C(=O)C3CCCN3)CC2)cc1. The summed E-state index contributed by atoms with van der Waals surface area (Å²) in [7, 11) is 0. The normalized spacial score (nSPS) is 20.1. The van der Waals surface area contributed by atoms with Crippen LogP contribution in [-0.4, -0.2) is 55.5 Å². The van der Waals surface area contributed by atoms with Crippen LogP contribution in [0.5, 0.6) is 0 Å². The molecule has 3 rings (SSSR count). The lowest BCUT2D eigenvalue weighted by Crippen LogP contribution is -2.53. The highest BCUT2D eigenvalue weighted by Crippen LogP contribution is 2.18. The summed E-state index contributed by atoms with van der Waals surface area (Å²) in [5.74, 6) is -0.174. The van der Waals surface area contributed by atoms with Crippen LogP contribution in [0.25, 0.3) is 0 Å². The zero-order valence-electron chi connectivity index (χ0n) is 13.4. The van der Waals surface area contributed by atoms with Crippen molar-refractivity contribution in [2.24, 2.45) is 5.73 Å². The Bertz CT molecular complexity index is 554. The number of benzene rings is 1. The molecular formula is C16H24Cl2N4O2. The van der Waals surface area contributed by atoms with E-state index in [1.54, 1.807) is 12.1 Å². The summed E-state index contributed by atoms with van der Waals surface area (Å²) in [5.41, 5.74) is 6.84. The van der Waals surface area contributed by atoms with Gasteiger partial charge in [0.15, 0.2) is 0 Å². The Morgan fingerprint density at radius 2 is 1.67 bits per heavy atom. The van der Waals surface area contributed by atoms with Crippen LogP contribution >= 0.6 is 24.8 Å². The monoisotopic (exact) mass is 374 g/mol. The molecule has 1 unspecified atom stereocenters. The number of hydrogen-bond acceptors (Lipinski definition) is 4. The van der Waals surface area contributed by atoms with Crippen molar-refractivity contribution in [2.45, 2.75) is 18.9 Å². The van der Waals surface area contributed by atoms with E-state index in [4.69, 9.17) is 5.73 Å². The van der Waals surface area contributed by atoms with Crippen molar-refractivity contribution in [1.82, 2.24) is 10.2 Å². The van der Waals surface area contributed by atoms with Crippen molar-refractivity contribution >= 4 is 42.3 Å². The van der Waals surface area contributed by atoms with E-state index in [0.29, 0.717) is 5.56 Å². The fourth-order valence-corrected chi connectivity index (χ4v) is 3.14. The first-order valence-electron chi connectivity index (χ1n) is 7.82. The Morgan fingerprint density at radius 1 is 1.04 bits per heavy atom. The number of amides is 2. The first-order chi connectivity index (χ1) is 10.6. The van der Waals surface area contributed by atoms with Gasteiger partial charge < -0.3 is 20.9 Å². The molecule has 2 saturated heterocycles. The molecule has 8 heteroatoms. The Labute approximate surface area is 154 Å². The third kappa shape index (κ3) is 4.53. The summed E-state index contributed by atoms with van der Waals surface area (Å²) in [5, 5.41) is 3.26. The van der Waals surface area contributed by atoms with Gasteiger partial charge in [0.1, 0.15) is 0 Å². The van der Waals surface area contributed by atoms with Crippen LogP contribution in [0.15, 0.2) is 24.3 Å². The Hall–Kier alpha value is -1.50. The number of carbonyl (C=O) groups is 2. The third-order valence-electron chi connectivity index (χ3n) is 4.47. The second-order valence-electron chi connectivity index (χ2n) is 5.87. The van der Waals surface area contributed by atoms with E-state index in [2.05, 4.69) is 10.2 Å². The minimum absolute atomic E-state index is 0. The van der Waals surface area contributed by atoms with Crippen LogP contribution in [0.4, 0.5) is 5.69 Å². The fourth-order valence-electron chi connectivity index (χ4n) is 3.14. The van der Waals surface area contributed by atoms with Gasteiger partial charge in [-0.25, -0.2) is 0 Å². The summed E-state index contributed by atoms with van der Waals surface area (Å²) in [6, 6.07) is 7.34. The molecule has 0 aromatic heterocycles. The van der Waals surface area contributed by atoms with Gasteiger partial charge in [-0.3, -0.25) is 9.59 Å². The van der Waals surface area contributed by atoms with E-state index >= 15 is 0 Å². The summed E-state index contributed by atoms with van der Waals surface area (Å²) in [6.07, 6.45) is 2.04. The summed E-state index contributed by atoms with van der Waals surface area (Å²) >= 11 is 0. The van der Waals surface area contributed by atoms with E-state index in [9.17, 15) is 9.59 Å². The number of halogens is 2. The largest absolute Gasteiger partial charge is 0.368 e. The number of hydrogen-bond donors (Lipinski definition) is 2. The van der Waals surface area contributed by atoms with E-state index < -0.39 is 5.91 Å². The van der Waals surface area contributed by atoms with Crippen LogP contribution < -0.4 is 16.0 Å². The smallest absolute Gasteiger partial charge is 0.248 e. The van der Waals surface area contributed by atoms with Gasteiger partial charge in [0.2, 0.25) is 11.8 Å². The van der Waals surface area contributed by atoms with Gasteiger partial charge in [0, 0.05) is 37.4 Å². The topological polar surface area (TPSA) is 78.7 Å². The summed E-state index contributed by atoms with van der Waals surface area (Å²) in [6.45, 7) is 4.06. The molecule has 1 aromatic rings. The molecule has 1 aromatic carbocycles. The van der Waals surface area contributed by atoms with Crippen LogP contribution in [0.1, 0.15) is 23.2 Å². The van der Waals surface area contributed by atoms with Gasteiger partial charge in [0.25, 0.3) is 0 Å². The van der Waals surface area contributed by atoms with Crippen molar-refractivity contribution in [2.75, 3.05) is 37.6 Å². The summed E-state index contributed by atoms with van der Waals surface area (Å²) < 4.78 is 0. The highest BCUT2D eigenvalue weighted by Gasteiger charge is 2.29. The molecule has 24 heavy (non-hydrogen) atoms. The molecule has 2 fully saturated rings. The molecule has 2 heterocycles. The Kier molecular flexibility index (Phi) is 7.79. The number of piperazine rings is 1. The third-order valence-corrected chi connectivity index (χ3v) is 4.47. The molecule has 0 saturated carbocycles. The van der Waals surface area contributed by atoms with Crippen molar-refractivity contribution in [3.63, 3.8) is 0 Å². The quantitative estimate of drug-likeness (QED) is 0.827. The lowest BCUT2D eigenvalue weighted by atomic mass is 10.1. The molecule has 0 radical (unpaired) electrons. The van der Waals surface area contributed by atoms with Crippen molar-refractivity contribution in [3.8, 4) is 0 Å². The van der Waals surface area contributed by atoms with Gasteiger partial charge >= 0.3 is 0 Å². The van der Waals surface area contributed by atoms with Gasteiger partial charge in [-0.05, 0) is 43.7 Å². The van der Waals surface area contributed by atoms with Gasteiger partial charge in [-0.1, -0.05) is 0 Å². The van der Waals surface area contributed by atoms with Gasteiger partial charge in [0.05, 0.1) is 6.04 Å². The molecule has 2 aliphatic heterocycles. The standard InChI is InChI=1S/C16H22N4O2.2ClH/c17-15(21)12-3-5-13(6-4-12)19-8-10-20(11-9-19)16(22)14-2-1-7-18-14;;/h3-6,14,18H,1-2,7-11H2,(H2,17,21);2*1H. The van der Waals surface area contributed by atoms with E-state index in [1.807, 2.05) is 17.0 Å².